The zero-order valence-corrected chi connectivity index (χ0v) is 12.4. The Morgan fingerprint density at radius 2 is 2.15 bits per heavy atom. The fourth-order valence-corrected chi connectivity index (χ4v) is 2.34. The van der Waals surface area contributed by atoms with Crippen LogP contribution in [-0.2, 0) is 6.61 Å². The number of rotatable bonds is 4. The molecule has 2 aromatic heterocycles. The number of halogens is 2. The summed E-state index contributed by atoms with van der Waals surface area (Å²) in [5, 5.41) is 8.40. The van der Waals surface area contributed by atoms with Crippen LogP contribution < -0.4 is 4.74 Å². The van der Waals surface area contributed by atoms with Gasteiger partial charge in [-0.1, -0.05) is 11.6 Å². The minimum absolute atomic E-state index is 0.161. The largest absolute Gasteiger partial charge is 0.483 e. The molecule has 0 aliphatic heterocycles. The highest BCUT2D eigenvalue weighted by Gasteiger charge is 2.11. The van der Waals surface area contributed by atoms with E-state index in [1.54, 1.807) is 36.6 Å². The molecule has 0 radical (unpaired) electrons. The molecule has 7 heteroatoms. The van der Waals surface area contributed by atoms with Gasteiger partial charge < -0.3 is 13.6 Å². The normalized spacial score (nSPS) is 10.7. The second kappa shape index (κ2) is 5.68. The molecule has 5 nitrogen and oxygen atoms in total. The Bertz CT molecular complexity index is 712. The molecule has 0 unspecified atom stereocenters. The van der Waals surface area contributed by atoms with Gasteiger partial charge in [-0.25, -0.2) is 0 Å². The van der Waals surface area contributed by atoms with Crippen molar-refractivity contribution in [3.8, 4) is 17.4 Å². The van der Waals surface area contributed by atoms with Crippen molar-refractivity contribution >= 4 is 27.5 Å². The van der Waals surface area contributed by atoms with Crippen LogP contribution in [0.15, 0.2) is 49.9 Å². The first-order chi connectivity index (χ1) is 9.72. The van der Waals surface area contributed by atoms with Crippen LogP contribution in [0.5, 0.6) is 5.75 Å². The summed E-state index contributed by atoms with van der Waals surface area (Å²) in [5.74, 6) is 1.85. The highest BCUT2D eigenvalue weighted by molar-refractivity contribution is 9.10. The maximum atomic E-state index is 5.86. The van der Waals surface area contributed by atoms with Crippen LogP contribution in [0.25, 0.3) is 11.7 Å². The molecule has 0 saturated heterocycles. The maximum absolute atomic E-state index is 5.86. The Kier molecular flexibility index (Phi) is 3.75. The zero-order chi connectivity index (χ0) is 13.9. The molecule has 0 aliphatic carbocycles. The van der Waals surface area contributed by atoms with Gasteiger partial charge in [0, 0.05) is 5.02 Å². The van der Waals surface area contributed by atoms with Crippen molar-refractivity contribution in [3.05, 3.63) is 52.0 Å². The Morgan fingerprint density at radius 1 is 1.25 bits per heavy atom. The Hall–Kier alpha value is -1.79. The lowest BCUT2D eigenvalue weighted by Gasteiger charge is -2.05. The first kappa shape index (κ1) is 13.2. The van der Waals surface area contributed by atoms with Gasteiger partial charge in [0.1, 0.15) is 5.75 Å². The van der Waals surface area contributed by atoms with Gasteiger partial charge in [-0.2, -0.15) is 0 Å². The van der Waals surface area contributed by atoms with E-state index in [1.165, 1.54) is 0 Å². The van der Waals surface area contributed by atoms with Crippen LogP contribution in [0.2, 0.25) is 5.02 Å². The van der Waals surface area contributed by atoms with E-state index in [-0.39, 0.29) is 6.61 Å². The summed E-state index contributed by atoms with van der Waals surface area (Å²) in [4.78, 5) is 0. The number of hydrogen-bond acceptors (Lipinski definition) is 5. The van der Waals surface area contributed by atoms with Crippen LogP contribution in [-0.4, -0.2) is 10.2 Å². The molecule has 0 aliphatic rings. The van der Waals surface area contributed by atoms with E-state index in [0.29, 0.717) is 28.3 Å². The van der Waals surface area contributed by atoms with Gasteiger partial charge in [-0.05, 0) is 46.3 Å². The van der Waals surface area contributed by atoms with E-state index in [2.05, 4.69) is 26.1 Å². The third-order valence-electron chi connectivity index (χ3n) is 2.44. The van der Waals surface area contributed by atoms with Crippen LogP contribution in [0.3, 0.4) is 0 Å². The van der Waals surface area contributed by atoms with Crippen LogP contribution >= 0.6 is 27.5 Å². The zero-order valence-electron chi connectivity index (χ0n) is 10.0. The predicted molar refractivity (Wildman–Crippen MR) is 75.5 cm³/mol. The summed E-state index contributed by atoms with van der Waals surface area (Å²) in [6.07, 6.45) is 1.54. The molecule has 0 fully saturated rings. The van der Waals surface area contributed by atoms with Crippen LogP contribution in [0.1, 0.15) is 5.89 Å². The Balaban J connectivity index is 1.70. The lowest BCUT2D eigenvalue weighted by atomic mass is 10.3. The standard InChI is InChI=1S/C13H8BrClN2O3/c14-9-6-8(15)3-4-10(9)19-7-12-16-17-13(20-12)11-2-1-5-18-11/h1-6H,7H2. The van der Waals surface area contributed by atoms with Crippen LogP contribution in [0, 0.1) is 0 Å². The van der Waals surface area contributed by atoms with Gasteiger partial charge in [0.15, 0.2) is 12.4 Å². The molecule has 102 valence electrons. The van der Waals surface area contributed by atoms with E-state index < -0.39 is 0 Å². The average molecular weight is 356 g/mol. The molecule has 0 N–H and O–H groups in total. The fourth-order valence-electron chi connectivity index (χ4n) is 1.54. The average Bonchev–Trinajstić information content (AvgIpc) is 3.08. The highest BCUT2D eigenvalue weighted by Crippen LogP contribution is 2.28. The van der Waals surface area contributed by atoms with Gasteiger partial charge in [0.2, 0.25) is 0 Å². The summed E-state index contributed by atoms with van der Waals surface area (Å²) in [5.41, 5.74) is 0. The summed E-state index contributed by atoms with van der Waals surface area (Å²) in [6.45, 7) is 0.161. The summed E-state index contributed by atoms with van der Waals surface area (Å²) in [7, 11) is 0. The second-order valence-corrected chi connectivity index (χ2v) is 5.13. The quantitative estimate of drug-likeness (QED) is 0.697. The third-order valence-corrected chi connectivity index (χ3v) is 3.30. The number of hydrogen-bond donors (Lipinski definition) is 0. The molecule has 0 atom stereocenters. The molecule has 0 bridgehead atoms. The first-order valence-electron chi connectivity index (χ1n) is 5.66. The minimum Gasteiger partial charge on any atom is -0.483 e. The first-order valence-corrected chi connectivity index (χ1v) is 6.83. The predicted octanol–water partition coefficient (Wildman–Crippen LogP) is 4.32. The Labute approximate surface area is 127 Å². The third kappa shape index (κ3) is 2.86. The van der Waals surface area contributed by atoms with E-state index >= 15 is 0 Å². The molecular formula is C13H8BrClN2O3. The van der Waals surface area contributed by atoms with E-state index in [0.717, 1.165) is 4.47 Å². The monoisotopic (exact) mass is 354 g/mol. The fraction of sp³-hybridized carbons (Fsp3) is 0.0769. The summed E-state index contributed by atoms with van der Waals surface area (Å²) >= 11 is 9.22. The van der Waals surface area contributed by atoms with E-state index in [9.17, 15) is 0 Å². The molecule has 20 heavy (non-hydrogen) atoms. The van der Waals surface area contributed by atoms with Crippen molar-refractivity contribution in [1.29, 1.82) is 0 Å². The molecule has 1 aromatic carbocycles. The van der Waals surface area contributed by atoms with Gasteiger partial charge in [-0.3, -0.25) is 0 Å². The number of furan rings is 1. The molecule has 2 heterocycles. The molecule has 3 aromatic rings. The smallest absolute Gasteiger partial charge is 0.283 e. The van der Waals surface area contributed by atoms with Crippen LogP contribution in [0.4, 0.5) is 0 Å². The lowest BCUT2D eigenvalue weighted by molar-refractivity contribution is 0.262. The molecule has 3 rings (SSSR count). The van der Waals surface area contributed by atoms with Crippen molar-refractivity contribution in [2.24, 2.45) is 0 Å². The Morgan fingerprint density at radius 3 is 2.90 bits per heavy atom. The van der Waals surface area contributed by atoms with Crippen molar-refractivity contribution in [3.63, 3.8) is 0 Å². The van der Waals surface area contributed by atoms with Crippen molar-refractivity contribution < 1.29 is 13.6 Å². The minimum atomic E-state index is 0.161. The summed E-state index contributed by atoms with van der Waals surface area (Å²) in [6, 6.07) is 8.74. The SMILES string of the molecule is Clc1ccc(OCc2nnc(-c3ccco3)o2)c(Br)c1. The van der Waals surface area contributed by atoms with E-state index in [4.69, 9.17) is 25.2 Å². The van der Waals surface area contributed by atoms with Gasteiger partial charge in [-0.15, -0.1) is 10.2 Å². The van der Waals surface area contributed by atoms with Gasteiger partial charge in [0.25, 0.3) is 11.8 Å². The van der Waals surface area contributed by atoms with Crippen molar-refractivity contribution in [2.45, 2.75) is 6.61 Å². The van der Waals surface area contributed by atoms with Crippen molar-refractivity contribution in [2.75, 3.05) is 0 Å². The van der Waals surface area contributed by atoms with E-state index in [1.807, 2.05) is 0 Å². The summed E-state index contributed by atoms with van der Waals surface area (Å²) < 4.78 is 16.9. The molecule has 0 spiro atoms. The number of aromatic nitrogens is 2. The topological polar surface area (TPSA) is 61.3 Å². The lowest BCUT2D eigenvalue weighted by Crippen LogP contribution is -1.96. The maximum Gasteiger partial charge on any atom is 0.283 e. The molecular weight excluding hydrogens is 348 g/mol. The van der Waals surface area contributed by atoms with Gasteiger partial charge >= 0.3 is 0 Å². The second-order valence-electron chi connectivity index (χ2n) is 3.84. The van der Waals surface area contributed by atoms with Crippen molar-refractivity contribution in [1.82, 2.24) is 10.2 Å². The number of benzene rings is 1. The van der Waals surface area contributed by atoms with Gasteiger partial charge in [0.05, 0.1) is 10.7 Å². The molecule has 0 saturated carbocycles. The number of ether oxygens (including phenoxy) is 1. The highest BCUT2D eigenvalue weighted by atomic mass is 79.9. The number of nitrogens with zero attached hydrogens (tertiary/aromatic N) is 2. The molecule has 0 amide bonds.